The van der Waals surface area contributed by atoms with Crippen LogP contribution in [0.2, 0.25) is 0 Å². The van der Waals surface area contributed by atoms with Crippen LogP contribution in [0.25, 0.3) is 0 Å². The van der Waals surface area contributed by atoms with Crippen LogP contribution in [-0.2, 0) is 4.79 Å². The lowest BCUT2D eigenvalue weighted by molar-refractivity contribution is -0.119. The second-order valence-electron chi connectivity index (χ2n) is 3.19. The van der Waals surface area contributed by atoms with Gasteiger partial charge in [0.15, 0.2) is 5.78 Å². The van der Waals surface area contributed by atoms with E-state index < -0.39 is 5.92 Å². The minimum Gasteiger partial charge on any atom is -0.512 e. The molecule has 0 saturated carbocycles. The first kappa shape index (κ1) is 8.79. The SMILES string of the molecule is CC1=C(O)C(C)CC(C#N)C1=O. The van der Waals surface area contributed by atoms with Gasteiger partial charge in [0.25, 0.3) is 0 Å². The third-order valence-corrected chi connectivity index (χ3v) is 2.28. The van der Waals surface area contributed by atoms with E-state index in [0.29, 0.717) is 12.0 Å². The van der Waals surface area contributed by atoms with E-state index in [2.05, 4.69) is 0 Å². The van der Waals surface area contributed by atoms with Crippen LogP contribution in [0.4, 0.5) is 0 Å². The fourth-order valence-corrected chi connectivity index (χ4v) is 1.44. The van der Waals surface area contributed by atoms with Gasteiger partial charge in [-0.3, -0.25) is 4.79 Å². The summed E-state index contributed by atoms with van der Waals surface area (Å²) in [5.74, 6) is -0.706. The van der Waals surface area contributed by atoms with Crippen LogP contribution < -0.4 is 0 Å². The molecule has 0 radical (unpaired) electrons. The Morgan fingerprint density at radius 2 is 2.25 bits per heavy atom. The van der Waals surface area contributed by atoms with Gasteiger partial charge in [-0.15, -0.1) is 0 Å². The van der Waals surface area contributed by atoms with Crippen molar-refractivity contribution < 1.29 is 9.90 Å². The van der Waals surface area contributed by atoms with Crippen molar-refractivity contribution in [3.05, 3.63) is 11.3 Å². The summed E-state index contributed by atoms with van der Waals surface area (Å²) in [6.45, 7) is 3.38. The molecular formula is C9H11NO2. The van der Waals surface area contributed by atoms with Crippen LogP contribution >= 0.6 is 0 Å². The average Bonchev–Trinajstić information content (AvgIpc) is 2.08. The van der Waals surface area contributed by atoms with Gasteiger partial charge in [-0.2, -0.15) is 5.26 Å². The Labute approximate surface area is 71.3 Å². The zero-order chi connectivity index (χ0) is 9.30. The second kappa shape index (κ2) is 2.98. The molecule has 12 heavy (non-hydrogen) atoms. The maximum absolute atomic E-state index is 11.3. The Kier molecular flexibility index (Phi) is 2.18. The monoisotopic (exact) mass is 165 g/mol. The number of allylic oxidation sites excluding steroid dienone is 2. The number of hydrogen-bond donors (Lipinski definition) is 1. The van der Waals surface area contributed by atoms with Crippen molar-refractivity contribution in [2.75, 3.05) is 0 Å². The molecule has 2 atom stereocenters. The molecular weight excluding hydrogens is 154 g/mol. The molecule has 64 valence electrons. The highest BCUT2D eigenvalue weighted by Crippen LogP contribution is 2.29. The second-order valence-corrected chi connectivity index (χ2v) is 3.19. The summed E-state index contributed by atoms with van der Waals surface area (Å²) in [4.78, 5) is 11.3. The summed E-state index contributed by atoms with van der Waals surface area (Å²) in [6, 6.07) is 1.94. The zero-order valence-corrected chi connectivity index (χ0v) is 7.16. The van der Waals surface area contributed by atoms with Crippen LogP contribution in [0.3, 0.4) is 0 Å². The molecule has 0 aromatic heterocycles. The number of rotatable bonds is 0. The Balaban J connectivity index is 3.03. The van der Waals surface area contributed by atoms with Gasteiger partial charge < -0.3 is 5.11 Å². The highest BCUT2D eigenvalue weighted by molar-refractivity contribution is 5.99. The predicted molar refractivity (Wildman–Crippen MR) is 43.2 cm³/mol. The molecule has 1 N–H and O–H groups in total. The highest BCUT2D eigenvalue weighted by Gasteiger charge is 2.31. The van der Waals surface area contributed by atoms with Crippen molar-refractivity contribution in [2.24, 2.45) is 11.8 Å². The third kappa shape index (κ3) is 1.20. The lowest BCUT2D eigenvalue weighted by Crippen LogP contribution is -2.25. The largest absolute Gasteiger partial charge is 0.512 e. The summed E-state index contributed by atoms with van der Waals surface area (Å²) in [5.41, 5.74) is 0.348. The van der Waals surface area contributed by atoms with Gasteiger partial charge >= 0.3 is 0 Å². The molecule has 0 aromatic carbocycles. The van der Waals surface area contributed by atoms with Gasteiger partial charge in [0, 0.05) is 11.5 Å². The van der Waals surface area contributed by atoms with Crippen LogP contribution in [-0.4, -0.2) is 10.9 Å². The van der Waals surface area contributed by atoms with Crippen molar-refractivity contribution in [1.29, 1.82) is 5.26 Å². The van der Waals surface area contributed by atoms with Crippen molar-refractivity contribution in [1.82, 2.24) is 0 Å². The van der Waals surface area contributed by atoms with Gasteiger partial charge in [-0.1, -0.05) is 6.92 Å². The average molecular weight is 165 g/mol. The Bertz CT molecular complexity index is 285. The molecule has 0 fully saturated rings. The molecule has 0 aromatic rings. The topological polar surface area (TPSA) is 61.1 Å². The van der Waals surface area contributed by atoms with E-state index in [1.807, 2.05) is 13.0 Å². The molecule has 2 unspecified atom stereocenters. The molecule has 3 nitrogen and oxygen atoms in total. The maximum atomic E-state index is 11.3. The van der Waals surface area contributed by atoms with Gasteiger partial charge in [-0.25, -0.2) is 0 Å². The lowest BCUT2D eigenvalue weighted by Gasteiger charge is -2.21. The number of nitrogens with zero attached hydrogens (tertiary/aromatic N) is 1. The standard InChI is InChI=1S/C9H11NO2/c1-5-3-7(4-10)9(12)6(2)8(5)11/h5,7,11H,3H2,1-2H3. The lowest BCUT2D eigenvalue weighted by atomic mass is 9.82. The van der Waals surface area contributed by atoms with Crippen molar-refractivity contribution in [3.63, 3.8) is 0 Å². The van der Waals surface area contributed by atoms with Crippen molar-refractivity contribution in [3.8, 4) is 6.07 Å². The Morgan fingerprint density at radius 1 is 1.67 bits per heavy atom. The summed E-state index contributed by atoms with van der Waals surface area (Å²) < 4.78 is 0. The molecule has 3 heteroatoms. The van der Waals surface area contributed by atoms with Crippen molar-refractivity contribution >= 4 is 5.78 Å². The normalized spacial score (nSPS) is 30.2. The minimum atomic E-state index is -0.559. The number of aliphatic hydroxyl groups is 1. The predicted octanol–water partition coefficient (Wildman–Crippen LogP) is 1.57. The first-order valence-corrected chi connectivity index (χ1v) is 3.91. The van der Waals surface area contributed by atoms with E-state index in [0.717, 1.165) is 0 Å². The Hall–Kier alpha value is -1.30. The smallest absolute Gasteiger partial charge is 0.179 e. The zero-order valence-electron chi connectivity index (χ0n) is 7.16. The maximum Gasteiger partial charge on any atom is 0.179 e. The molecule has 0 bridgehead atoms. The number of carbonyl (C=O) groups is 1. The Morgan fingerprint density at radius 3 is 2.75 bits per heavy atom. The molecule has 0 heterocycles. The van der Waals surface area contributed by atoms with E-state index in [-0.39, 0.29) is 17.5 Å². The molecule has 0 amide bonds. The van der Waals surface area contributed by atoms with Crippen LogP contribution in [0.5, 0.6) is 0 Å². The summed E-state index contributed by atoms with van der Waals surface area (Å²) in [6.07, 6.45) is 0.443. The minimum absolute atomic E-state index is 0.0626. The van der Waals surface area contributed by atoms with E-state index in [1.54, 1.807) is 6.92 Å². The van der Waals surface area contributed by atoms with E-state index in [4.69, 9.17) is 5.26 Å². The summed E-state index contributed by atoms with van der Waals surface area (Å²) in [5, 5.41) is 18.0. The number of ketones is 1. The van der Waals surface area contributed by atoms with Gasteiger partial charge in [0.2, 0.25) is 0 Å². The van der Waals surface area contributed by atoms with Crippen LogP contribution in [0.15, 0.2) is 11.3 Å². The van der Waals surface area contributed by atoms with E-state index in [9.17, 15) is 9.90 Å². The fourth-order valence-electron chi connectivity index (χ4n) is 1.44. The molecule has 0 saturated heterocycles. The fraction of sp³-hybridized carbons (Fsp3) is 0.556. The first-order chi connectivity index (χ1) is 5.57. The molecule has 0 aliphatic heterocycles. The first-order valence-electron chi connectivity index (χ1n) is 3.91. The van der Waals surface area contributed by atoms with Gasteiger partial charge in [-0.05, 0) is 13.3 Å². The van der Waals surface area contributed by atoms with E-state index >= 15 is 0 Å². The summed E-state index contributed by atoms with van der Waals surface area (Å²) >= 11 is 0. The number of hydrogen-bond acceptors (Lipinski definition) is 3. The van der Waals surface area contributed by atoms with E-state index in [1.165, 1.54) is 0 Å². The number of aliphatic hydroxyl groups excluding tert-OH is 1. The number of carbonyl (C=O) groups excluding carboxylic acids is 1. The van der Waals surface area contributed by atoms with Crippen molar-refractivity contribution in [2.45, 2.75) is 20.3 Å². The molecule has 1 aliphatic carbocycles. The number of Topliss-reactive ketones (excluding diaryl/α,β-unsaturated/α-hetero) is 1. The molecule has 1 aliphatic rings. The van der Waals surface area contributed by atoms with Gasteiger partial charge in [0.05, 0.1) is 6.07 Å². The van der Waals surface area contributed by atoms with Crippen LogP contribution in [0, 0.1) is 23.2 Å². The highest BCUT2D eigenvalue weighted by atomic mass is 16.3. The third-order valence-electron chi connectivity index (χ3n) is 2.28. The van der Waals surface area contributed by atoms with Crippen LogP contribution in [0.1, 0.15) is 20.3 Å². The molecule has 0 spiro atoms. The van der Waals surface area contributed by atoms with Gasteiger partial charge in [0.1, 0.15) is 11.7 Å². The number of nitriles is 1. The molecule has 1 rings (SSSR count). The summed E-state index contributed by atoms with van der Waals surface area (Å²) in [7, 11) is 0. The quantitative estimate of drug-likeness (QED) is 0.592.